The number of halogens is 2. The van der Waals surface area contributed by atoms with Crippen LogP contribution in [0.4, 0.5) is 0 Å². The molecule has 108 valence electrons. The summed E-state index contributed by atoms with van der Waals surface area (Å²) in [4.78, 5) is 25.8. The van der Waals surface area contributed by atoms with Crippen LogP contribution in [0, 0.1) is 0 Å². The first kappa shape index (κ1) is 15.1. The SMILES string of the molecule is COC(=O)C1CCCCN1C(=O)c1ccc(Cl)c(Cl)c1. The first-order valence-electron chi connectivity index (χ1n) is 6.38. The number of benzene rings is 1. The Bertz CT molecular complexity index is 533. The van der Waals surface area contributed by atoms with Crippen LogP contribution in [0.25, 0.3) is 0 Å². The number of amides is 1. The highest BCUT2D eigenvalue weighted by Gasteiger charge is 2.33. The molecule has 0 radical (unpaired) electrons. The molecule has 2 rings (SSSR count). The van der Waals surface area contributed by atoms with Gasteiger partial charge in [-0.25, -0.2) is 4.79 Å². The highest BCUT2D eigenvalue weighted by atomic mass is 35.5. The van der Waals surface area contributed by atoms with Crippen molar-refractivity contribution < 1.29 is 14.3 Å². The van der Waals surface area contributed by atoms with Crippen molar-refractivity contribution in [2.24, 2.45) is 0 Å². The summed E-state index contributed by atoms with van der Waals surface area (Å²) in [5.74, 6) is -0.600. The van der Waals surface area contributed by atoms with Gasteiger partial charge in [0.25, 0.3) is 5.91 Å². The molecule has 1 heterocycles. The minimum Gasteiger partial charge on any atom is -0.467 e. The summed E-state index contributed by atoms with van der Waals surface area (Å²) >= 11 is 11.8. The van der Waals surface area contributed by atoms with E-state index >= 15 is 0 Å². The molecule has 4 nitrogen and oxygen atoms in total. The molecule has 1 amide bonds. The zero-order valence-corrected chi connectivity index (χ0v) is 12.6. The van der Waals surface area contributed by atoms with E-state index < -0.39 is 6.04 Å². The Morgan fingerprint density at radius 3 is 2.65 bits per heavy atom. The third kappa shape index (κ3) is 3.07. The van der Waals surface area contributed by atoms with Crippen LogP contribution in [0.2, 0.25) is 10.0 Å². The monoisotopic (exact) mass is 315 g/mol. The van der Waals surface area contributed by atoms with Gasteiger partial charge in [-0.15, -0.1) is 0 Å². The second kappa shape index (κ2) is 6.46. The molecule has 0 saturated carbocycles. The molecule has 1 saturated heterocycles. The normalized spacial score (nSPS) is 18.8. The van der Waals surface area contributed by atoms with Crippen LogP contribution < -0.4 is 0 Å². The number of likely N-dealkylation sites (tertiary alicyclic amines) is 1. The molecular weight excluding hydrogens is 301 g/mol. The quantitative estimate of drug-likeness (QED) is 0.787. The van der Waals surface area contributed by atoms with Crippen LogP contribution in [0.3, 0.4) is 0 Å². The Kier molecular flexibility index (Phi) is 4.89. The molecule has 1 fully saturated rings. The number of esters is 1. The average Bonchev–Trinajstić information content (AvgIpc) is 2.48. The average molecular weight is 316 g/mol. The number of nitrogens with zero attached hydrogens (tertiary/aromatic N) is 1. The second-order valence-electron chi connectivity index (χ2n) is 4.66. The van der Waals surface area contributed by atoms with Crippen molar-refractivity contribution in [3.8, 4) is 0 Å². The van der Waals surface area contributed by atoms with Crippen LogP contribution in [0.1, 0.15) is 29.6 Å². The van der Waals surface area contributed by atoms with Gasteiger partial charge in [-0.3, -0.25) is 4.79 Å². The summed E-state index contributed by atoms with van der Waals surface area (Å²) in [6, 6.07) is 4.19. The minimum atomic E-state index is -0.518. The molecule has 20 heavy (non-hydrogen) atoms. The highest BCUT2D eigenvalue weighted by Crippen LogP contribution is 2.25. The lowest BCUT2D eigenvalue weighted by molar-refractivity contribution is -0.147. The Morgan fingerprint density at radius 1 is 1.25 bits per heavy atom. The lowest BCUT2D eigenvalue weighted by atomic mass is 10.0. The topological polar surface area (TPSA) is 46.6 Å². The number of piperidine rings is 1. The van der Waals surface area contributed by atoms with Gasteiger partial charge in [-0.2, -0.15) is 0 Å². The predicted molar refractivity (Wildman–Crippen MR) is 77.2 cm³/mol. The van der Waals surface area contributed by atoms with Gasteiger partial charge in [0.1, 0.15) is 6.04 Å². The maximum absolute atomic E-state index is 12.5. The number of rotatable bonds is 2. The second-order valence-corrected chi connectivity index (χ2v) is 5.48. The van der Waals surface area contributed by atoms with Crippen LogP contribution in [-0.2, 0) is 9.53 Å². The van der Waals surface area contributed by atoms with Crippen molar-refractivity contribution >= 4 is 35.1 Å². The van der Waals surface area contributed by atoms with E-state index in [1.165, 1.54) is 13.2 Å². The third-order valence-corrected chi connectivity index (χ3v) is 4.14. The van der Waals surface area contributed by atoms with Gasteiger partial charge in [0.05, 0.1) is 17.2 Å². The molecule has 1 aliphatic heterocycles. The first-order chi connectivity index (χ1) is 9.54. The lowest BCUT2D eigenvalue weighted by Gasteiger charge is -2.33. The van der Waals surface area contributed by atoms with Crippen molar-refractivity contribution in [2.75, 3.05) is 13.7 Å². The Hall–Kier alpha value is -1.26. The molecule has 1 aromatic rings. The van der Waals surface area contributed by atoms with Crippen molar-refractivity contribution in [3.63, 3.8) is 0 Å². The van der Waals surface area contributed by atoms with E-state index in [2.05, 4.69) is 0 Å². The predicted octanol–water partition coefficient (Wildman–Crippen LogP) is 3.16. The minimum absolute atomic E-state index is 0.223. The largest absolute Gasteiger partial charge is 0.467 e. The fraction of sp³-hybridized carbons (Fsp3) is 0.429. The highest BCUT2D eigenvalue weighted by molar-refractivity contribution is 6.42. The summed E-state index contributed by atoms with van der Waals surface area (Å²) in [6.45, 7) is 0.541. The number of ether oxygens (including phenoxy) is 1. The van der Waals surface area contributed by atoms with E-state index in [0.717, 1.165) is 12.8 Å². The first-order valence-corrected chi connectivity index (χ1v) is 7.14. The lowest BCUT2D eigenvalue weighted by Crippen LogP contribution is -2.48. The fourth-order valence-electron chi connectivity index (χ4n) is 2.35. The van der Waals surface area contributed by atoms with E-state index in [0.29, 0.717) is 28.6 Å². The molecule has 0 aliphatic carbocycles. The number of hydrogen-bond donors (Lipinski definition) is 0. The maximum Gasteiger partial charge on any atom is 0.328 e. The number of carbonyl (C=O) groups is 2. The molecule has 1 atom stereocenters. The molecule has 0 N–H and O–H groups in total. The van der Waals surface area contributed by atoms with Crippen LogP contribution >= 0.6 is 23.2 Å². The van der Waals surface area contributed by atoms with Gasteiger partial charge >= 0.3 is 5.97 Å². The van der Waals surface area contributed by atoms with E-state index in [4.69, 9.17) is 27.9 Å². The van der Waals surface area contributed by atoms with Crippen molar-refractivity contribution in [1.29, 1.82) is 0 Å². The van der Waals surface area contributed by atoms with Crippen LogP contribution in [0.5, 0.6) is 0 Å². The molecular formula is C14H15Cl2NO3. The van der Waals surface area contributed by atoms with Crippen molar-refractivity contribution in [1.82, 2.24) is 4.90 Å². The molecule has 1 aliphatic rings. The summed E-state index contributed by atoms with van der Waals surface area (Å²) in [7, 11) is 1.33. The van der Waals surface area contributed by atoms with Gasteiger partial charge in [-0.1, -0.05) is 23.2 Å². The number of hydrogen-bond acceptors (Lipinski definition) is 3. The molecule has 1 aromatic carbocycles. The van der Waals surface area contributed by atoms with E-state index in [1.54, 1.807) is 17.0 Å². The van der Waals surface area contributed by atoms with Crippen molar-refractivity contribution in [2.45, 2.75) is 25.3 Å². The molecule has 0 spiro atoms. The van der Waals surface area contributed by atoms with E-state index in [9.17, 15) is 9.59 Å². The van der Waals surface area contributed by atoms with Gasteiger partial charge in [0.2, 0.25) is 0 Å². The van der Waals surface area contributed by atoms with E-state index in [1.807, 2.05) is 0 Å². The molecule has 0 bridgehead atoms. The zero-order valence-electron chi connectivity index (χ0n) is 11.1. The van der Waals surface area contributed by atoms with Crippen LogP contribution in [-0.4, -0.2) is 36.5 Å². The summed E-state index contributed by atoms with van der Waals surface area (Å²) in [6.07, 6.45) is 2.41. The van der Waals surface area contributed by atoms with E-state index in [-0.39, 0.29) is 11.9 Å². The van der Waals surface area contributed by atoms with Gasteiger partial charge in [0.15, 0.2) is 0 Å². The fourth-order valence-corrected chi connectivity index (χ4v) is 2.65. The van der Waals surface area contributed by atoms with Gasteiger partial charge < -0.3 is 9.64 Å². The van der Waals surface area contributed by atoms with Gasteiger partial charge in [-0.05, 0) is 37.5 Å². The van der Waals surface area contributed by atoms with Gasteiger partial charge in [0, 0.05) is 12.1 Å². The summed E-state index contributed by atoms with van der Waals surface area (Å²) < 4.78 is 4.77. The molecule has 0 aromatic heterocycles. The maximum atomic E-state index is 12.5. The zero-order chi connectivity index (χ0) is 14.7. The van der Waals surface area contributed by atoms with Crippen molar-refractivity contribution in [3.05, 3.63) is 33.8 Å². The standard InChI is InChI=1S/C14H15Cl2NO3/c1-20-14(19)12-4-2-3-7-17(12)13(18)9-5-6-10(15)11(16)8-9/h5-6,8,12H,2-4,7H2,1H3. The molecule has 1 unspecified atom stereocenters. The van der Waals surface area contributed by atoms with Crippen LogP contribution in [0.15, 0.2) is 18.2 Å². The Morgan fingerprint density at radius 2 is 2.00 bits per heavy atom. The smallest absolute Gasteiger partial charge is 0.328 e. The Labute approximate surface area is 127 Å². The number of carbonyl (C=O) groups excluding carboxylic acids is 2. The summed E-state index contributed by atoms with van der Waals surface area (Å²) in [5, 5.41) is 0.718. The molecule has 6 heteroatoms. The number of methoxy groups -OCH3 is 1. The Balaban J connectivity index is 2.25. The summed E-state index contributed by atoms with van der Waals surface area (Å²) in [5.41, 5.74) is 0.426. The third-order valence-electron chi connectivity index (χ3n) is 3.40.